The zero-order valence-electron chi connectivity index (χ0n) is 7.52. The third kappa shape index (κ3) is 1.87. The van der Waals surface area contributed by atoms with E-state index in [0.717, 1.165) is 18.2 Å². The molecule has 0 aliphatic carbocycles. The number of carbonyl (C=O) groups excluding carboxylic acids is 1. The van der Waals surface area contributed by atoms with Crippen molar-refractivity contribution in [2.75, 3.05) is 0 Å². The highest BCUT2D eigenvalue weighted by molar-refractivity contribution is 5.98. The molecule has 0 radical (unpaired) electrons. The van der Waals surface area contributed by atoms with Gasteiger partial charge in [-0.15, -0.1) is 0 Å². The van der Waals surface area contributed by atoms with Crippen LogP contribution in [0.2, 0.25) is 0 Å². The molecule has 74 valence electrons. The van der Waals surface area contributed by atoms with Gasteiger partial charge in [0.25, 0.3) is 5.69 Å². The maximum atomic E-state index is 11.2. The van der Waals surface area contributed by atoms with Crippen molar-refractivity contribution in [3.05, 3.63) is 33.9 Å². The van der Waals surface area contributed by atoms with Gasteiger partial charge in [-0.2, -0.15) is 0 Å². The van der Waals surface area contributed by atoms with Crippen molar-refractivity contribution in [1.29, 1.82) is 0 Å². The summed E-state index contributed by atoms with van der Waals surface area (Å²) in [4.78, 5) is 20.9. The second-order valence-corrected chi connectivity index (χ2v) is 2.71. The van der Waals surface area contributed by atoms with Crippen LogP contribution >= 0.6 is 0 Å². The van der Waals surface area contributed by atoms with Crippen LogP contribution in [0.1, 0.15) is 23.7 Å². The molecule has 1 aromatic rings. The van der Waals surface area contributed by atoms with Crippen LogP contribution in [0.15, 0.2) is 18.2 Å². The molecule has 0 saturated heterocycles. The van der Waals surface area contributed by atoms with Crippen LogP contribution in [0.4, 0.5) is 5.69 Å². The SMILES string of the molecule is CCC(=O)c1cc([N+](=O)[O-])ccc1[O-]. The van der Waals surface area contributed by atoms with Crippen molar-refractivity contribution in [2.24, 2.45) is 0 Å². The molecule has 14 heavy (non-hydrogen) atoms. The first kappa shape index (κ1) is 10.2. The second-order valence-electron chi connectivity index (χ2n) is 2.71. The normalized spacial score (nSPS) is 9.79. The fourth-order valence-corrected chi connectivity index (χ4v) is 1.04. The van der Waals surface area contributed by atoms with E-state index in [1.165, 1.54) is 0 Å². The molecule has 0 bridgehead atoms. The minimum absolute atomic E-state index is 0.110. The lowest BCUT2D eigenvalue weighted by Gasteiger charge is -2.10. The van der Waals surface area contributed by atoms with Gasteiger partial charge < -0.3 is 5.11 Å². The predicted molar refractivity (Wildman–Crippen MR) is 47.2 cm³/mol. The van der Waals surface area contributed by atoms with E-state index in [1.807, 2.05) is 0 Å². The molecular formula is C9H8NO4-. The third-order valence-corrected chi connectivity index (χ3v) is 1.80. The van der Waals surface area contributed by atoms with Crippen molar-refractivity contribution in [1.82, 2.24) is 0 Å². The van der Waals surface area contributed by atoms with Gasteiger partial charge in [-0.25, -0.2) is 0 Å². The van der Waals surface area contributed by atoms with Gasteiger partial charge in [0.05, 0.1) is 4.92 Å². The van der Waals surface area contributed by atoms with Gasteiger partial charge in [-0.3, -0.25) is 14.9 Å². The molecule has 0 fully saturated rings. The standard InChI is InChI=1S/C9H9NO4/c1-2-8(11)7-5-6(10(13)14)3-4-9(7)12/h3-5,12H,2H2,1H3/p-1. The lowest BCUT2D eigenvalue weighted by Crippen LogP contribution is -2.04. The highest BCUT2D eigenvalue weighted by atomic mass is 16.6. The first-order valence-electron chi connectivity index (χ1n) is 4.05. The van der Waals surface area contributed by atoms with Crippen LogP contribution in [0.3, 0.4) is 0 Å². The summed E-state index contributed by atoms with van der Waals surface area (Å²) in [5, 5.41) is 21.5. The average molecular weight is 194 g/mol. The summed E-state index contributed by atoms with van der Waals surface area (Å²) in [7, 11) is 0. The number of hydrogen-bond donors (Lipinski definition) is 0. The number of rotatable bonds is 3. The number of nitrogens with zero attached hydrogens (tertiary/aromatic N) is 1. The minimum Gasteiger partial charge on any atom is -0.872 e. The summed E-state index contributed by atoms with van der Waals surface area (Å²) in [6.45, 7) is 1.60. The number of nitro groups is 1. The molecule has 0 aliphatic heterocycles. The molecule has 0 spiro atoms. The Morgan fingerprint density at radius 3 is 2.64 bits per heavy atom. The van der Waals surface area contributed by atoms with E-state index in [1.54, 1.807) is 6.92 Å². The molecule has 0 aromatic heterocycles. The highest BCUT2D eigenvalue weighted by Crippen LogP contribution is 2.21. The van der Waals surface area contributed by atoms with Crippen molar-refractivity contribution in [2.45, 2.75) is 13.3 Å². The van der Waals surface area contributed by atoms with Crippen molar-refractivity contribution in [3.8, 4) is 5.75 Å². The molecular weight excluding hydrogens is 186 g/mol. The van der Waals surface area contributed by atoms with Gasteiger partial charge >= 0.3 is 0 Å². The van der Waals surface area contributed by atoms with Crippen LogP contribution in [0.25, 0.3) is 0 Å². The number of Topliss-reactive ketones (excluding diaryl/α,β-unsaturated/α-hetero) is 1. The maximum absolute atomic E-state index is 11.2. The van der Waals surface area contributed by atoms with Crippen LogP contribution in [0, 0.1) is 10.1 Å². The van der Waals surface area contributed by atoms with Crippen LogP contribution in [0.5, 0.6) is 5.75 Å². The Labute approximate surface area is 80.1 Å². The summed E-state index contributed by atoms with van der Waals surface area (Å²) in [5.41, 5.74) is -0.344. The lowest BCUT2D eigenvalue weighted by atomic mass is 10.1. The Morgan fingerprint density at radius 2 is 2.14 bits per heavy atom. The third-order valence-electron chi connectivity index (χ3n) is 1.80. The number of non-ortho nitro benzene ring substituents is 1. The molecule has 1 aromatic carbocycles. The fraction of sp³-hybridized carbons (Fsp3) is 0.222. The second kappa shape index (κ2) is 3.87. The van der Waals surface area contributed by atoms with Crippen LogP contribution < -0.4 is 5.11 Å². The molecule has 1 rings (SSSR count). The van der Waals surface area contributed by atoms with Gasteiger partial charge in [0.2, 0.25) is 0 Å². The monoisotopic (exact) mass is 194 g/mol. The number of benzene rings is 1. The van der Waals surface area contributed by atoms with Crippen molar-refractivity contribution >= 4 is 11.5 Å². The van der Waals surface area contributed by atoms with E-state index in [2.05, 4.69) is 0 Å². The molecule has 5 heteroatoms. The van der Waals surface area contributed by atoms with E-state index in [4.69, 9.17) is 0 Å². The summed E-state index contributed by atoms with van der Waals surface area (Å²) in [6, 6.07) is 3.16. The number of hydrogen-bond acceptors (Lipinski definition) is 4. The maximum Gasteiger partial charge on any atom is 0.270 e. The van der Waals surface area contributed by atoms with E-state index < -0.39 is 10.7 Å². The zero-order chi connectivity index (χ0) is 10.7. The smallest absolute Gasteiger partial charge is 0.270 e. The van der Waals surface area contributed by atoms with Gasteiger partial charge in [0, 0.05) is 24.1 Å². The zero-order valence-corrected chi connectivity index (χ0v) is 7.52. The van der Waals surface area contributed by atoms with Gasteiger partial charge in [0.1, 0.15) is 0 Å². The van der Waals surface area contributed by atoms with Crippen LogP contribution in [-0.2, 0) is 0 Å². The van der Waals surface area contributed by atoms with Gasteiger partial charge in [-0.1, -0.05) is 18.7 Å². The van der Waals surface area contributed by atoms with Gasteiger partial charge in [-0.05, 0) is 0 Å². The molecule has 0 N–H and O–H groups in total. The Hall–Kier alpha value is -1.91. The number of carbonyl (C=O) groups is 1. The van der Waals surface area contributed by atoms with Crippen molar-refractivity contribution < 1.29 is 14.8 Å². The number of nitro benzene ring substituents is 1. The quantitative estimate of drug-likeness (QED) is 0.412. The Bertz CT molecular complexity index is 386. The Balaban J connectivity index is 3.21. The average Bonchev–Trinajstić information content (AvgIpc) is 2.17. The Kier molecular flexibility index (Phi) is 2.81. The van der Waals surface area contributed by atoms with E-state index in [-0.39, 0.29) is 23.5 Å². The highest BCUT2D eigenvalue weighted by Gasteiger charge is 2.10. The predicted octanol–water partition coefficient (Wildman–Crippen LogP) is 1.26. The Morgan fingerprint density at radius 1 is 1.50 bits per heavy atom. The lowest BCUT2D eigenvalue weighted by molar-refractivity contribution is -0.385. The van der Waals surface area contributed by atoms with Gasteiger partial charge in [0.15, 0.2) is 5.78 Å². The summed E-state index contributed by atoms with van der Waals surface area (Å²) < 4.78 is 0. The topological polar surface area (TPSA) is 83.3 Å². The molecule has 0 saturated carbocycles. The molecule has 0 aliphatic rings. The number of ketones is 1. The summed E-state index contributed by atoms with van der Waals surface area (Å²) >= 11 is 0. The summed E-state index contributed by atoms with van der Waals surface area (Å²) in [5.74, 6) is -0.846. The van der Waals surface area contributed by atoms with E-state index in [9.17, 15) is 20.0 Å². The molecule has 5 nitrogen and oxygen atoms in total. The fourth-order valence-electron chi connectivity index (χ4n) is 1.04. The minimum atomic E-state index is -0.633. The first-order valence-corrected chi connectivity index (χ1v) is 4.05. The molecule has 0 heterocycles. The largest absolute Gasteiger partial charge is 0.872 e. The van der Waals surface area contributed by atoms with Crippen molar-refractivity contribution in [3.63, 3.8) is 0 Å². The first-order chi connectivity index (χ1) is 6.56. The summed E-state index contributed by atoms with van der Waals surface area (Å²) in [6.07, 6.45) is 0.163. The molecule has 0 amide bonds. The van der Waals surface area contributed by atoms with E-state index >= 15 is 0 Å². The van der Waals surface area contributed by atoms with Crippen LogP contribution in [-0.4, -0.2) is 10.7 Å². The van der Waals surface area contributed by atoms with E-state index in [0.29, 0.717) is 0 Å². The molecule has 0 atom stereocenters. The molecule has 0 unspecified atom stereocenters.